The fourth-order valence-electron chi connectivity index (χ4n) is 2.33. The van der Waals surface area contributed by atoms with E-state index in [1.165, 1.54) is 0 Å². The van der Waals surface area contributed by atoms with Crippen LogP contribution < -0.4 is 10.1 Å². The number of benzene rings is 2. The van der Waals surface area contributed by atoms with Crippen LogP contribution in [-0.2, 0) is 11.3 Å². The van der Waals surface area contributed by atoms with Gasteiger partial charge in [-0.25, -0.2) is 0 Å². The van der Waals surface area contributed by atoms with E-state index >= 15 is 0 Å². The zero-order chi connectivity index (χ0) is 16.8. The SMILES string of the molecule is CC(Oc1ccccc1)C(=O)NCc1ccc(-c2ccoc2)cc1. The highest BCUT2D eigenvalue weighted by Gasteiger charge is 2.14. The van der Waals surface area contributed by atoms with Gasteiger partial charge in [0.2, 0.25) is 0 Å². The summed E-state index contributed by atoms with van der Waals surface area (Å²) in [7, 11) is 0. The normalized spacial score (nSPS) is 11.7. The molecule has 0 saturated heterocycles. The Kier molecular flexibility index (Phi) is 4.96. The Hall–Kier alpha value is -3.01. The third kappa shape index (κ3) is 4.04. The highest BCUT2D eigenvalue weighted by atomic mass is 16.5. The molecular formula is C20H19NO3. The lowest BCUT2D eigenvalue weighted by molar-refractivity contribution is -0.127. The minimum absolute atomic E-state index is 0.141. The summed E-state index contributed by atoms with van der Waals surface area (Å²) < 4.78 is 10.7. The Morgan fingerprint density at radius 2 is 1.79 bits per heavy atom. The van der Waals surface area contributed by atoms with E-state index in [0.29, 0.717) is 12.3 Å². The van der Waals surface area contributed by atoms with Gasteiger partial charge in [-0.05, 0) is 36.2 Å². The molecule has 24 heavy (non-hydrogen) atoms. The molecule has 1 unspecified atom stereocenters. The molecule has 1 atom stereocenters. The fourth-order valence-corrected chi connectivity index (χ4v) is 2.33. The van der Waals surface area contributed by atoms with Gasteiger partial charge < -0.3 is 14.5 Å². The number of amides is 1. The van der Waals surface area contributed by atoms with E-state index in [2.05, 4.69) is 5.32 Å². The van der Waals surface area contributed by atoms with Crippen molar-refractivity contribution in [3.8, 4) is 16.9 Å². The van der Waals surface area contributed by atoms with E-state index in [-0.39, 0.29) is 5.91 Å². The van der Waals surface area contributed by atoms with Crippen molar-refractivity contribution in [2.24, 2.45) is 0 Å². The van der Waals surface area contributed by atoms with Crippen LogP contribution in [0.4, 0.5) is 0 Å². The first-order valence-electron chi connectivity index (χ1n) is 7.83. The smallest absolute Gasteiger partial charge is 0.261 e. The summed E-state index contributed by atoms with van der Waals surface area (Å²) in [6.45, 7) is 2.21. The molecule has 3 aromatic rings. The van der Waals surface area contributed by atoms with Crippen LogP contribution in [0.3, 0.4) is 0 Å². The summed E-state index contributed by atoms with van der Waals surface area (Å²) in [5, 5.41) is 2.89. The standard InChI is InChI=1S/C20H19NO3/c1-15(24-19-5-3-2-4-6-19)20(22)21-13-16-7-9-17(10-8-16)18-11-12-23-14-18/h2-12,14-15H,13H2,1H3,(H,21,22). The van der Waals surface area contributed by atoms with Crippen molar-refractivity contribution in [3.05, 3.63) is 78.8 Å². The molecule has 122 valence electrons. The average molecular weight is 321 g/mol. The van der Waals surface area contributed by atoms with E-state index in [4.69, 9.17) is 9.15 Å². The Labute approximate surface area is 141 Å². The second-order valence-electron chi connectivity index (χ2n) is 5.50. The lowest BCUT2D eigenvalue weighted by Gasteiger charge is -2.14. The number of furan rings is 1. The number of hydrogen-bond donors (Lipinski definition) is 1. The van der Waals surface area contributed by atoms with Crippen molar-refractivity contribution in [3.63, 3.8) is 0 Å². The van der Waals surface area contributed by atoms with Crippen LogP contribution >= 0.6 is 0 Å². The molecule has 4 nitrogen and oxygen atoms in total. The highest BCUT2D eigenvalue weighted by Crippen LogP contribution is 2.20. The largest absolute Gasteiger partial charge is 0.481 e. The van der Waals surface area contributed by atoms with Gasteiger partial charge in [0.25, 0.3) is 5.91 Å². The van der Waals surface area contributed by atoms with Gasteiger partial charge in [0.1, 0.15) is 5.75 Å². The predicted octanol–water partition coefficient (Wildman–Crippen LogP) is 4.03. The van der Waals surface area contributed by atoms with E-state index in [9.17, 15) is 4.79 Å². The summed E-state index contributed by atoms with van der Waals surface area (Å²) in [5.74, 6) is 0.544. The Balaban J connectivity index is 1.52. The van der Waals surface area contributed by atoms with Crippen LogP contribution in [0.1, 0.15) is 12.5 Å². The minimum atomic E-state index is -0.544. The maximum absolute atomic E-state index is 12.1. The van der Waals surface area contributed by atoms with Gasteiger partial charge in [-0.1, -0.05) is 42.5 Å². The third-order valence-electron chi connectivity index (χ3n) is 3.70. The average Bonchev–Trinajstić information content (AvgIpc) is 3.15. The van der Waals surface area contributed by atoms with Crippen molar-refractivity contribution in [1.82, 2.24) is 5.32 Å². The van der Waals surface area contributed by atoms with Crippen molar-refractivity contribution in [2.75, 3.05) is 0 Å². The third-order valence-corrected chi connectivity index (χ3v) is 3.70. The Morgan fingerprint density at radius 3 is 2.46 bits per heavy atom. The summed E-state index contributed by atoms with van der Waals surface area (Å²) in [6, 6.07) is 19.2. The summed E-state index contributed by atoms with van der Waals surface area (Å²) in [6.07, 6.45) is 2.81. The molecular weight excluding hydrogens is 302 g/mol. The van der Waals surface area contributed by atoms with E-state index in [1.807, 2.05) is 60.7 Å². The first-order chi connectivity index (χ1) is 11.7. The van der Waals surface area contributed by atoms with Gasteiger partial charge >= 0.3 is 0 Å². The molecule has 0 aliphatic rings. The fraction of sp³-hybridized carbons (Fsp3) is 0.150. The zero-order valence-electron chi connectivity index (χ0n) is 13.4. The lowest BCUT2D eigenvalue weighted by Crippen LogP contribution is -2.35. The second-order valence-corrected chi connectivity index (χ2v) is 5.50. The predicted molar refractivity (Wildman–Crippen MR) is 92.5 cm³/mol. The van der Waals surface area contributed by atoms with E-state index in [0.717, 1.165) is 16.7 Å². The number of rotatable bonds is 6. The van der Waals surface area contributed by atoms with Crippen LogP contribution in [0, 0.1) is 0 Å². The van der Waals surface area contributed by atoms with E-state index < -0.39 is 6.10 Å². The van der Waals surface area contributed by atoms with Gasteiger partial charge in [-0.15, -0.1) is 0 Å². The van der Waals surface area contributed by atoms with Crippen molar-refractivity contribution < 1.29 is 13.9 Å². The molecule has 0 saturated carbocycles. The Bertz CT molecular complexity index is 764. The molecule has 3 rings (SSSR count). The Morgan fingerprint density at radius 1 is 1.04 bits per heavy atom. The quantitative estimate of drug-likeness (QED) is 0.746. The maximum atomic E-state index is 12.1. The molecule has 0 bridgehead atoms. The van der Waals surface area contributed by atoms with Gasteiger partial charge in [-0.3, -0.25) is 4.79 Å². The minimum Gasteiger partial charge on any atom is -0.481 e. The van der Waals surface area contributed by atoms with Crippen LogP contribution in [0.5, 0.6) is 5.75 Å². The first kappa shape index (κ1) is 15.9. The van der Waals surface area contributed by atoms with Gasteiger partial charge in [0, 0.05) is 12.1 Å². The number of hydrogen-bond acceptors (Lipinski definition) is 3. The summed E-state index contributed by atoms with van der Waals surface area (Å²) in [5.41, 5.74) is 3.15. The van der Waals surface area contributed by atoms with Crippen LogP contribution in [0.15, 0.2) is 77.6 Å². The first-order valence-corrected chi connectivity index (χ1v) is 7.83. The summed E-state index contributed by atoms with van der Waals surface area (Å²) >= 11 is 0. The molecule has 0 aliphatic carbocycles. The van der Waals surface area contributed by atoms with Crippen LogP contribution in [-0.4, -0.2) is 12.0 Å². The van der Waals surface area contributed by atoms with Gasteiger partial charge in [0.05, 0.1) is 12.5 Å². The van der Waals surface area contributed by atoms with Crippen LogP contribution in [0.2, 0.25) is 0 Å². The molecule has 0 aliphatic heterocycles. The number of carbonyl (C=O) groups is 1. The molecule has 0 radical (unpaired) electrons. The molecule has 0 spiro atoms. The maximum Gasteiger partial charge on any atom is 0.261 e. The molecule has 4 heteroatoms. The summed E-state index contributed by atoms with van der Waals surface area (Å²) in [4.78, 5) is 12.1. The molecule has 1 N–H and O–H groups in total. The van der Waals surface area contributed by atoms with Crippen molar-refractivity contribution >= 4 is 5.91 Å². The number of nitrogens with one attached hydrogen (secondary N) is 1. The number of para-hydroxylation sites is 1. The topological polar surface area (TPSA) is 51.5 Å². The van der Waals surface area contributed by atoms with Gasteiger partial charge in [-0.2, -0.15) is 0 Å². The molecule has 0 fully saturated rings. The van der Waals surface area contributed by atoms with E-state index in [1.54, 1.807) is 19.5 Å². The monoisotopic (exact) mass is 321 g/mol. The van der Waals surface area contributed by atoms with Crippen molar-refractivity contribution in [2.45, 2.75) is 19.6 Å². The van der Waals surface area contributed by atoms with Crippen molar-refractivity contribution in [1.29, 1.82) is 0 Å². The number of ether oxygens (including phenoxy) is 1. The molecule has 2 aromatic carbocycles. The number of carbonyl (C=O) groups excluding carboxylic acids is 1. The second kappa shape index (κ2) is 7.51. The molecule has 1 amide bonds. The lowest BCUT2D eigenvalue weighted by atomic mass is 10.1. The van der Waals surface area contributed by atoms with Crippen LogP contribution in [0.25, 0.3) is 11.1 Å². The highest BCUT2D eigenvalue weighted by molar-refractivity contribution is 5.80. The van der Waals surface area contributed by atoms with Gasteiger partial charge in [0.15, 0.2) is 6.10 Å². The molecule has 1 aromatic heterocycles. The molecule has 1 heterocycles. The zero-order valence-corrected chi connectivity index (χ0v) is 13.4.